The number of carboxylic acids is 1. The quantitative estimate of drug-likeness (QED) is 0.784. The Labute approximate surface area is 123 Å². The van der Waals surface area contributed by atoms with Gasteiger partial charge in [0.2, 0.25) is 5.91 Å². The maximum absolute atomic E-state index is 11.8. The molecule has 1 rings (SSSR count). The van der Waals surface area contributed by atoms with Crippen LogP contribution >= 0.6 is 0 Å². The van der Waals surface area contributed by atoms with Crippen LogP contribution in [-0.2, 0) is 14.3 Å². The number of aliphatic carboxylic acids is 1. The molecule has 1 unspecified atom stereocenters. The molecule has 6 nitrogen and oxygen atoms in total. The Balaban J connectivity index is 2.68. The van der Waals surface area contributed by atoms with Crippen molar-refractivity contribution in [1.29, 1.82) is 0 Å². The number of rotatable bonds is 6. The fourth-order valence-corrected chi connectivity index (χ4v) is 1.94. The number of nitrogens with one attached hydrogen (secondary N) is 1. The van der Waals surface area contributed by atoms with Gasteiger partial charge in [0, 0.05) is 18.5 Å². The van der Waals surface area contributed by atoms with E-state index in [9.17, 15) is 14.4 Å². The molecule has 0 spiro atoms. The number of hydrogen-bond acceptors (Lipinski definition) is 4. The van der Waals surface area contributed by atoms with Crippen molar-refractivity contribution in [1.82, 2.24) is 0 Å². The third-order valence-electron chi connectivity index (χ3n) is 2.98. The molecule has 6 heteroatoms. The van der Waals surface area contributed by atoms with Gasteiger partial charge in [-0.05, 0) is 36.6 Å². The zero-order valence-corrected chi connectivity index (χ0v) is 12.3. The lowest BCUT2D eigenvalue weighted by Crippen LogP contribution is -2.17. The van der Waals surface area contributed by atoms with E-state index in [0.717, 1.165) is 5.56 Å². The number of carboxylic acid groups (broad SMARTS) is 1. The monoisotopic (exact) mass is 293 g/mol. The molecule has 1 atom stereocenters. The van der Waals surface area contributed by atoms with E-state index in [0.29, 0.717) is 11.3 Å². The highest BCUT2D eigenvalue weighted by atomic mass is 16.5. The normalized spacial score (nSPS) is 11.6. The van der Waals surface area contributed by atoms with Gasteiger partial charge in [-0.1, -0.05) is 6.92 Å². The zero-order valence-electron chi connectivity index (χ0n) is 12.3. The molecular weight excluding hydrogens is 274 g/mol. The number of methoxy groups -OCH3 is 1. The lowest BCUT2D eigenvalue weighted by molar-refractivity contribution is -0.138. The summed E-state index contributed by atoms with van der Waals surface area (Å²) in [5.41, 5.74) is 1.74. The first-order valence-corrected chi connectivity index (χ1v) is 6.54. The molecule has 0 aliphatic rings. The lowest BCUT2D eigenvalue weighted by Gasteiger charge is -2.12. The van der Waals surface area contributed by atoms with Crippen molar-refractivity contribution >= 4 is 23.5 Å². The van der Waals surface area contributed by atoms with Gasteiger partial charge in [0.1, 0.15) is 0 Å². The predicted octanol–water partition coefficient (Wildman–Crippen LogP) is 2.22. The predicted molar refractivity (Wildman–Crippen MR) is 77.2 cm³/mol. The molecule has 1 aromatic rings. The van der Waals surface area contributed by atoms with Gasteiger partial charge in [-0.3, -0.25) is 9.59 Å². The summed E-state index contributed by atoms with van der Waals surface area (Å²) >= 11 is 0. The van der Waals surface area contributed by atoms with Crippen LogP contribution in [0.2, 0.25) is 0 Å². The summed E-state index contributed by atoms with van der Waals surface area (Å²) in [6.45, 7) is 3.48. The van der Waals surface area contributed by atoms with Crippen LogP contribution in [0.3, 0.4) is 0 Å². The third kappa shape index (κ3) is 5.25. The van der Waals surface area contributed by atoms with Crippen molar-refractivity contribution in [3.8, 4) is 0 Å². The molecule has 2 N–H and O–H groups in total. The van der Waals surface area contributed by atoms with E-state index in [-0.39, 0.29) is 24.7 Å². The molecule has 0 heterocycles. The van der Waals surface area contributed by atoms with Crippen LogP contribution < -0.4 is 5.32 Å². The zero-order chi connectivity index (χ0) is 16.0. The minimum absolute atomic E-state index is 0.0479. The molecule has 0 saturated heterocycles. The third-order valence-corrected chi connectivity index (χ3v) is 2.98. The number of carbonyl (C=O) groups excluding carboxylic acids is 2. The van der Waals surface area contributed by atoms with Crippen LogP contribution in [0.5, 0.6) is 0 Å². The van der Waals surface area contributed by atoms with Gasteiger partial charge in [0.25, 0.3) is 0 Å². The van der Waals surface area contributed by atoms with Crippen LogP contribution in [0.4, 0.5) is 5.69 Å². The van der Waals surface area contributed by atoms with Gasteiger partial charge in [-0.2, -0.15) is 0 Å². The van der Waals surface area contributed by atoms with E-state index in [1.165, 1.54) is 7.11 Å². The van der Waals surface area contributed by atoms with Crippen molar-refractivity contribution < 1.29 is 24.2 Å². The van der Waals surface area contributed by atoms with E-state index in [4.69, 9.17) is 5.11 Å². The van der Waals surface area contributed by atoms with Gasteiger partial charge < -0.3 is 15.2 Å². The Morgan fingerprint density at radius 2 is 1.95 bits per heavy atom. The van der Waals surface area contributed by atoms with Crippen LogP contribution in [-0.4, -0.2) is 30.1 Å². The fraction of sp³-hybridized carbons (Fsp3) is 0.400. The average Bonchev–Trinajstić information content (AvgIpc) is 2.38. The van der Waals surface area contributed by atoms with Crippen molar-refractivity contribution in [2.45, 2.75) is 26.7 Å². The molecule has 0 radical (unpaired) electrons. The Bertz CT molecular complexity index is 553. The topological polar surface area (TPSA) is 92.7 Å². The molecule has 0 aromatic heterocycles. The molecule has 0 bridgehead atoms. The smallest absolute Gasteiger partial charge is 0.337 e. The van der Waals surface area contributed by atoms with Gasteiger partial charge in [0.05, 0.1) is 12.7 Å². The first-order valence-electron chi connectivity index (χ1n) is 6.54. The van der Waals surface area contributed by atoms with Crippen LogP contribution in [0, 0.1) is 12.8 Å². The van der Waals surface area contributed by atoms with Crippen molar-refractivity contribution in [2.24, 2.45) is 5.92 Å². The first-order chi connectivity index (χ1) is 9.83. The second-order valence-corrected chi connectivity index (χ2v) is 4.98. The number of carbonyl (C=O) groups is 3. The average molecular weight is 293 g/mol. The van der Waals surface area contributed by atoms with E-state index in [2.05, 4.69) is 10.1 Å². The summed E-state index contributed by atoms with van der Waals surface area (Å²) < 4.78 is 4.62. The van der Waals surface area contributed by atoms with E-state index < -0.39 is 11.9 Å². The molecule has 0 saturated carbocycles. The molecule has 21 heavy (non-hydrogen) atoms. The first kappa shape index (κ1) is 16.7. The van der Waals surface area contributed by atoms with Crippen LogP contribution in [0.15, 0.2) is 18.2 Å². The van der Waals surface area contributed by atoms with E-state index >= 15 is 0 Å². The Morgan fingerprint density at radius 3 is 2.48 bits per heavy atom. The maximum Gasteiger partial charge on any atom is 0.337 e. The summed E-state index contributed by atoms with van der Waals surface area (Å²) in [4.78, 5) is 33.8. The van der Waals surface area contributed by atoms with Gasteiger partial charge in [0.15, 0.2) is 0 Å². The highest BCUT2D eigenvalue weighted by Crippen LogP contribution is 2.18. The maximum atomic E-state index is 11.8. The number of hydrogen-bond donors (Lipinski definition) is 2. The highest BCUT2D eigenvalue weighted by molar-refractivity contribution is 5.94. The van der Waals surface area contributed by atoms with Crippen molar-refractivity contribution in [3.63, 3.8) is 0 Å². The number of ether oxygens (including phenoxy) is 1. The van der Waals surface area contributed by atoms with Crippen LogP contribution in [0.1, 0.15) is 35.7 Å². The summed E-state index contributed by atoms with van der Waals surface area (Å²) in [6, 6.07) is 4.82. The van der Waals surface area contributed by atoms with Gasteiger partial charge in [-0.15, -0.1) is 0 Å². The minimum Gasteiger partial charge on any atom is -0.481 e. The number of amides is 1. The summed E-state index contributed by atoms with van der Waals surface area (Å²) in [6.07, 6.45) is 0.0815. The molecule has 1 amide bonds. The molecule has 114 valence electrons. The minimum atomic E-state index is -0.922. The Morgan fingerprint density at radius 1 is 1.29 bits per heavy atom. The lowest BCUT2D eigenvalue weighted by atomic mass is 10.0. The van der Waals surface area contributed by atoms with Crippen molar-refractivity contribution in [3.05, 3.63) is 29.3 Å². The SMILES string of the molecule is COC(=O)c1ccc(NC(=O)CC(C)CC(=O)O)c(C)c1. The summed E-state index contributed by atoms with van der Waals surface area (Å²) in [7, 11) is 1.30. The summed E-state index contributed by atoms with van der Waals surface area (Å²) in [5, 5.41) is 11.4. The Kier molecular flexibility index (Phi) is 5.90. The van der Waals surface area contributed by atoms with E-state index in [1.54, 1.807) is 32.0 Å². The standard InChI is InChI=1S/C15H19NO5/c1-9(7-14(18)19)6-13(17)16-12-5-4-11(8-10(12)2)15(20)21-3/h4-5,8-9H,6-7H2,1-3H3,(H,16,17)(H,18,19). The Hall–Kier alpha value is -2.37. The molecule has 0 aliphatic heterocycles. The molecule has 0 aliphatic carbocycles. The largest absolute Gasteiger partial charge is 0.481 e. The number of anilines is 1. The van der Waals surface area contributed by atoms with E-state index in [1.807, 2.05) is 0 Å². The second kappa shape index (κ2) is 7.42. The van der Waals surface area contributed by atoms with Crippen LogP contribution in [0.25, 0.3) is 0 Å². The fourth-order valence-electron chi connectivity index (χ4n) is 1.94. The van der Waals surface area contributed by atoms with Gasteiger partial charge >= 0.3 is 11.9 Å². The molecule has 1 aromatic carbocycles. The number of benzene rings is 1. The molecule has 0 fully saturated rings. The summed E-state index contributed by atoms with van der Waals surface area (Å²) in [5.74, 6) is -1.85. The highest BCUT2D eigenvalue weighted by Gasteiger charge is 2.14. The molecular formula is C15H19NO5. The second-order valence-electron chi connectivity index (χ2n) is 4.98. The number of aryl methyl sites for hydroxylation is 1. The van der Waals surface area contributed by atoms with Gasteiger partial charge in [-0.25, -0.2) is 4.79 Å². The number of esters is 1. The van der Waals surface area contributed by atoms with Crippen molar-refractivity contribution in [2.75, 3.05) is 12.4 Å².